The molecule has 1 aliphatic heterocycles. The van der Waals surface area contributed by atoms with Gasteiger partial charge in [-0.05, 0) is 12.0 Å². The van der Waals surface area contributed by atoms with Gasteiger partial charge in [0.05, 0.1) is 30.9 Å². The summed E-state index contributed by atoms with van der Waals surface area (Å²) < 4.78 is 11.5. The number of hydrogen-bond donors (Lipinski definition) is 1. The van der Waals surface area contributed by atoms with E-state index < -0.39 is 0 Å². The van der Waals surface area contributed by atoms with Crippen molar-refractivity contribution in [3.63, 3.8) is 0 Å². The lowest BCUT2D eigenvalue weighted by Gasteiger charge is -2.32. The summed E-state index contributed by atoms with van der Waals surface area (Å²) in [6, 6.07) is 9.87. The van der Waals surface area contributed by atoms with Crippen LogP contribution in [0, 0.1) is 0 Å². The van der Waals surface area contributed by atoms with Crippen LogP contribution >= 0.6 is 11.3 Å². The van der Waals surface area contributed by atoms with Gasteiger partial charge in [-0.3, -0.25) is 4.79 Å². The van der Waals surface area contributed by atoms with Crippen molar-refractivity contribution in [2.75, 3.05) is 13.2 Å². The first-order valence-electron chi connectivity index (χ1n) is 7.25. The van der Waals surface area contributed by atoms with Crippen LogP contribution in [0.3, 0.4) is 0 Å². The summed E-state index contributed by atoms with van der Waals surface area (Å²) in [5.74, 6) is -0.176. The van der Waals surface area contributed by atoms with Crippen LogP contribution in [-0.2, 0) is 16.1 Å². The molecule has 0 saturated carbocycles. The molecule has 1 aliphatic rings. The fraction of sp³-hybridized carbons (Fsp3) is 0.375. The van der Waals surface area contributed by atoms with Crippen LogP contribution in [-0.4, -0.2) is 36.3 Å². The minimum atomic E-state index is -0.176. The molecule has 1 aromatic heterocycles. The standard InChI is InChI=1S/C16H18N2O3S/c19-16(14-10-22-11-17-14)18-13-9-20-7-6-15(13)21-8-12-4-2-1-3-5-12/h1-5,10-11,13,15H,6-9H2,(H,18,19)/t13-,15+/m1/s1. The van der Waals surface area contributed by atoms with E-state index in [9.17, 15) is 4.79 Å². The molecule has 2 atom stereocenters. The summed E-state index contributed by atoms with van der Waals surface area (Å²) in [6.07, 6.45) is 0.728. The van der Waals surface area contributed by atoms with E-state index in [0.29, 0.717) is 25.5 Å². The van der Waals surface area contributed by atoms with Crippen molar-refractivity contribution in [3.05, 3.63) is 52.5 Å². The van der Waals surface area contributed by atoms with Gasteiger partial charge in [-0.15, -0.1) is 11.3 Å². The SMILES string of the molecule is O=C(N[C@@H]1COCC[C@@H]1OCc1ccccc1)c1cscn1. The van der Waals surface area contributed by atoms with E-state index in [0.717, 1.165) is 12.0 Å². The first-order valence-corrected chi connectivity index (χ1v) is 8.19. The van der Waals surface area contributed by atoms with Crippen LogP contribution in [0.25, 0.3) is 0 Å². The summed E-state index contributed by atoms with van der Waals surface area (Å²) in [4.78, 5) is 16.1. The number of aromatic nitrogens is 1. The molecule has 1 amide bonds. The highest BCUT2D eigenvalue weighted by atomic mass is 32.1. The molecule has 2 aromatic rings. The van der Waals surface area contributed by atoms with E-state index in [1.807, 2.05) is 30.3 Å². The van der Waals surface area contributed by atoms with Gasteiger partial charge >= 0.3 is 0 Å². The van der Waals surface area contributed by atoms with Crippen molar-refractivity contribution in [1.82, 2.24) is 10.3 Å². The molecule has 0 unspecified atom stereocenters. The molecule has 0 spiro atoms. The first kappa shape index (κ1) is 15.1. The largest absolute Gasteiger partial charge is 0.379 e. The van der Waals surface area contributed by atoms with Crippen LogP contribution in [0.5, 0.6) is 0 Å². The maximum Gasteiger partial charge on any atom is 0.271 e. The van der Waals surface area contributed by atoms with Crippen molar-refractivity contribution in [2.24, 2.45) is 0 Å². The number of nitrogens with one attached hydrogen (secondary N) is 1. The van der Waals surface area contributed by atoms with Gasteiger partial charge in [0, 0.05) is 12.0 Å². The second-order valence-electron chi connectivity index (χ2n) is 5.15. The Kier molecular flexibility index (Phi) is 5.15. The second kappa shape index (κ2) is 7.49. The molecule has 1 N–H and O–H groups in total. The highest BCUT2D eigenvalue weighted by Crippen LogP contribution is 2.15. The Balaban J connectivity index is 1.57. The monoisotopic (exact) mass is 318 g/mol. The van der Waals surface area contributed by atoms with Gasteiger partial charge in [-0.2, -0.15) is 0 Å². The zero-order valence-electron chi connectivity index (χ0n) is 12.1. The summed E-state index contributed by atoms with van der Waals surface area (Å²) >= 11 is 1.40. The van der Waals surface area contributed by atoms with E-state index in [1.165, 1.54) is 11.3 Å². The summed E-state index contributed by atoms with van der Waals surface area (Å²) in [5, 5.41) is 4.70. The van der Waals surface area contributed by atoms with E-state index >= 15 is 0 Å². The lowest BCUT2D eigenvalue weighted by molar-refractivity contribution is -0.0605. The van der Waals surface area contributed by atoms with Crippen molar-refractivity contribution >= 4 is 17.2 Å². The van der Waals surface area contributed by atoms with Gasteiger partial charge in [0.15, 0.2) is 0 Å². The molecule has 1 saturated heterocycles. The number of hydrogen-bond acceptors (Lipinski definition) is 5. The predicted octanol–water partition coefficient (Wildman–Crippen LogP) is 2.25. The van der Waals surface area contributed by atoms with Crippen molar-refractivity contribution in [3.8, 4) is 0 Å². The fourth-order valence-electron chi connectivity index (χ4n) is 2.40. The van der Waals surface area contributed by atoms with Gasteiger partial charge in [-0.1, -0.05) is 30.3 Å². The lowest BCUT2D eigenvalue weighted by Crippen LogP contribution is -2.50. The van der Waals surface area contributed by atoms with Gasteiger partial charge in [0.25, 0.3) is 5.91 Å². The van der Waals surface area contributed by atoms with Gasteiger partial charge in [0.1, 0.15) is 5.69 Å². The maximum atomic E-state index is 12.1. The third kappa shape index (κ3) is 3.91. The minimum Gasteiger partial charge on any atom is -0.379 e. The van der Waals surface area contributed by atoms with Crippen molar-refractivity contribution in [1.29, 1.82) is 0 Å². The molecule has 6 heteroatoms. The average molecular weight is 318 g/mol. The fourth-order valence-corrected chi connectivity index (χ4v) is 2.93. The number of thiazole rings is 1. The maximum absolute atomic E-state index is 12.1. The minimum absolute atomic E-state index is 0.0449. The van der Waals surface area contributed by atoms with Crippen LogP contribution in [0.2, 0.25) is 0 Å². The Hall–Kier alpha value is -1.76. The van der Waals surface area contributed by atoms with Crippen molar-refractivity contribution < 1.29 is 14.3 Å². The number of rotatable bonds is 5. The Bertz CT molecular complexity index is 589. The van der Waals surface area contributed by atoms with Crippen LogP contribution in [0.4, 0.5) is 0 Å². The summed E-state index contributed by atoms with van der Waals surface area (Å²) in [7, 11) is 0. The molecule has 0 bridgehead atoms. The van der Waals surface area contributed by atoms with E-state index in [4.69, 9.17) is 9.47 Å². The predicted molar refractivity (Wildman–Crippen MR) is 83.8 cm³/mol. The quantitative estimate of drug-likeness (QED) is 0.918. The Morgan fingerprint density at radius 1 is 1.41 bits per heavy atom. The topological polar surface area (TPSA) is 60.5 Å². The first-order chi connectivity index (χ1) is 10.8. The Morgan fingerprint density at radius 3 is 3.05 bits per heavy atom. The van der Waals surface area contributed by atoms with E-state index in [-0.39, 0.29) is 18.1 Å². The van der Waals surface area contributed by atoms with Crippen LogP contribution < -0.4 is 5.32 Å². The van der Waals surface area contributed by atoms with Crippen LogP contribution in [0.1, 0.15) is 22.5 Å². The molecule has 0 aliphatic carbocycles. The van der Waals surface area contributed by atoms with Crippen LogP contribution in [0.15, 0.2) is 41.2 Å². The molecule has 1 fully saturated rings. The molecule has 5 nitrogen and oxygen atoms in total. The van der Waals surface area contributed by atoms with Gasteiger partial charge in [-0.25, -0.2) is 4.98 Å². The third-order valence-electron chi connectivity index (χ3n) is 3.58. The summed E-state index contributed by atoms with van der Waals surface area (Å²) in [6.45, 7) is 1.66. The van der Waals surface area contributed by atoms with E-state index in [1.54, 1.807) is 10.9 Å². The zero-order valence-corrected chi connectivity index (χ0v) is 12.9. The number of benzene rings is 1. The second-order valence-corrected chi connectivity index (χ2v) is 5.87. The smallest absolute Gasteiger partial charge is 0.271 e. The zero-order chi connectivity index (χ0) is 15.2. The molecule has 3 rings (SSSR count). The Morgan fingerprint density at radius 2 is 2.27 bits per heavy atom. The molecule has 1 aromatic carbocycles. The number of ether oxygens (including phenoxy) is 2. The van der Waals surface area contributed by atoms with Gasteiger partial charge in [0.2, 0.25) is 0 Å². The third-order valence-corrected chi connectivity index (χ3v) is 4.17. The Labute approximate surface area is 133 Å². The van der Waals surface area contributed by atoms with Crippen molar-refractivity contribution in [2.45, 2.75) is 25.2 Å². The number of nitrogens with zero attached hydrogens (tertiary/aromatic N) is 1. The highest BCUT2D eigenvalue weighted by Gasteiger charge is 2.28. The molecule has 2 heterocycles. The number of amides is 1. The molecule has 0 radical (unpaired) electrons. The average Bonchev–Trinajstić information content (AvgIpc) is 3.10. The highest BCUT2D eigenvalue weighted by molar-refractivity contribution is 7.07. The normalized spacial score (nSPS) is 21.5. The molecule has 116 valence electrons. The van der Waals surface area contributed by atoms with Gasteiger partial charge < -0.3 is 14.8 Å². The number of carbonyl (C=O) groups is 1. The lowest BCUT2D eigenvalue weighted by atomic mass is 10.1. The molecular weight excluding hydrogens is 300 g/mol. The molecule has 22 heavy (non-hydrogen) atoms. The summed E-state index contributed by atoms with van der Waals surface area (Å²) in [5.41, 5.74) is 3.21. The molecular formula is C16H18N2O3S. The van der Waals surface area contributed by atoms with E-state index in [2.05, 4.69) is 10.3 Å². The number of carbonyl (C=O) groups excluding carboxylic acids is 1.